The number of hydrogen-bond donors (Lipinski definition) is 2. The van der Waals surface area contributed by atoms with Gasteiger partial charge in [0.15, 0.2) is 0 Å². The van der Waals surface area contributed by atoms with Crippen molar-refractivity contribution < 1.29 is 5.11 Å². The van der Waals surface area contributed by atoms with Gasteiger partial charge in [0.25, 0.3) is 0 Å². The highest BCUT2D eigenvalue weighted by Crippen LogP contribution is 2.27. The van der Waals surface area contributed by atoms with Crippen molar-refractivity contribution in [1.82, 2.24) is 4.98 Å². The minimum Gasteiger partial charge on any atom is -0.506 e. The van der Waals surface area contributed by atoms with Crippen LogP contribution in [0.2, 0.25) is 10.2 Å². The molecule has 0 fully saturated rings. The molecular weight excluding hydrogens is 271 g/mol. The Hall–Kier alpha value is -1.45. The maximum absolute atomic E-state index is 9.78. The van der Waals surface area contributed by atoms with Crippen molar-refractivity contribution in [2.45, 2.75) is 13.5 Å². The number of benzene rings is 1. The molecule has 0 saturated carbocycles. The first-order valence-corrected chi connectivity index (χ1v) is 6.17. The molecule has 1 aromatic carbocycles. The molecule has 0 aliphatic rings. The van der Waals surface area contributed by atoms with Crippen LogP contribution in [0.5, 0.6) is 5.75 Å². The number of aromatic hydroxyl groups is 1. The highest BCUT2D eigenvalue weighted by atomic mass is 35.5. The Balaban J connectivity index is 2.14. The molecule has 1 heterocycles. The molecular formula is C13H12Cl2N2O. The maximum atomic E-state index is 9.78. The highest BCUT2D eigenvalue weighted by molar-refractivity contribution is 6.32. The van der Waals surface area contributed by atoms with E-state index in [0.29, 0.717) is 16.7 Å². The first kappa shape index (κ1) is 13.0. The average molecular weight is 283 g/mol. The second-order valence-corrected chi connectivity index (χ2v) is 4.66. The number of nitrogens with zero attached hydrogens (tertiary/aromatic N) is 1. The van der Waals surface area contributed by atoms with Gasteiger partial charge in [-0.15, -0.1) is 0 Å². The van der Waals surface area contributed by atoms with Crippen molar-refractivity contribution in [1.29, 1.82) is 0 Å². The van der Waals surface area contributed by atoms with Gasteiger partial charge in [-0.2, -0.15) is 0 Å². The first-order valence-electron chi connectivity index (χ1n) is 5.41. The normalized spacial score (nSPS) is 10.4. The Labute approximate surface area is 115 Å². The van der Waals surface area contributed by atoms with Gasteiger partial charge in [-0.25, -0.2) is 4.98 Å². The minimum absolute atomic E-state index is 0.103. The van der Waals surface area contributed by atoms with Crippen molar-refractivity contribution in [2.75, 3.05) is 5.32 Å². The predicted molar refractivity (Wildman–Crippen MR) is 74.4 cm³/mol. The summed E-state index contributed by atoms with van der Waals surface area (Å²) in [6.07, 6.45) is 0. The SMILES string of the molecule is Cc1nc(Cl)ccc1NCc1cccc(Cl)c1O. The zero-order chi connectivity index (χ0) is 13.1. The summed E-state index contributed by atoms with van der Waals surface area (Å²) in [5, 5.41) is 13.8. The molecule has 2 N–H and O–H groups in total. The fourth-order valence-electron chi connectivity index (χ4n) is 1.61. The maximum Gasteiger partial charge on any atom is 0.139 e. The van der Waals surface area contributed by atoms with Gasteiger partial charge in [0.2, 0.25) is 0 Å². The Kier molecular flexibility index (Phi) is 3.94. The largest absolute Gasteiger partial charge is 0.506 e. The van der Waals surface area contributed by atoms with Crippen LogP contribution in [-0.4, -0.2) is 10.1 Å². The lowest BCUT2D eigenvalue weighted by molar-refractivity contribution is 0.469. The van der Waals surface area contributed by atoms with Gasteiger partial charge >= 0.3 is 0 Å². The van der Waals surface area contributed by atoms with E-state index in [1.54, 1.807) is 18.2 Å². The van der Waals surface area contributed by atoms with E-state index in [1.807, 2.05) is 19.1 Å². The summed E-state index contributed by atoms with van der Waals surface area (Å²) in [5.74, 6) is 0.103. The van der Waals surface area contributed by atoms with Crippen molar-refractivity contribution in [3.63, 3.8) is 0 Å². The van der Waals surface area contributed by atoms with Gasteiger partial charge in [0.1, 0.15) is 10.9 Å². The van der Waals surface area contributed by atoms with E-state index in [-0.39, 0.29) is 5.75 Å². The van der Waals surface area contributed by atoms with Gasteiger partial charge in [0, 0.05) is 12.1 Å². The molecule has 0 bridgehead atoms. The molecule has 94 valence electrons. The van der Waals surface area contributed by atoms with E-state index in [1.165, 1.54) is 0 Å². The standard InChI is InChI=1S/C13H12Cl2N2O/c1-8-11(5-6-12(15)17-8)16-7-9-3-2-4-10(14)13(9)18/h2-6,16,18H,7H2,1H3. The predicted octanol–water partition coefficient (Wildman–Crippen LogP) is 4.01. The zero-order valence-electron chi connectivity index (χ0n) is 9.74. The molecule has 1 aromatic heterocycles. The van der Waals surface area contributed by atoms with Gasteiger partial charge in [-0.3, -0.25) is 0 Å². The molecule has 0 spiro atoms. The second kappa shape index (κ2) is 5.46. The van der Waals surface area contributed by atoms with Crippen LogP contribution in [0.3, 0.4) is 0 Å². The summed E-state index contributed by atoms with van der Waals surface area (Å²) in [4.78, 5) is 4.14. The van der Waals surface area contributed by atoms with E-state index in [9.17, 15) is 5.11 Å². The number of pyridine rings is 1. The molecule has 0 unspecified atom stereocenters. The lowest BCUT2D eigenvalue weighted by Gasteiger charge is -2.10. The van der Waals surface area contributed by atoms with Crippen LogP contribution in [0.1, 0.15) is 11.3 Å². The molecule has 0 radical (unpaired) electrons. The third-order valence-electron chi connectivity index (χ3n) is 2.59. The van der Waals surface area contributed by atoms with Gasteiger partial charge < -0.3 is 10.4 Å². The van der Waals surface area contributed by atoms with Gasteiger partial charge in [0.05, 0.1) is 16.4 Å². The highest BCUT2D eigenvalue weighted by Gasteiger charge is 2.06. The topological polar surface area (TPSA) is 45.2 Å². The lowest BCUT2D eigenvalue weighted by Crippen LogP contribution is -2.02. The second-order valence-electron chi connectivity index (χ2n) is 3.87. The number of halogens is 2. The summed E-state index contributed by atoms with van der Waals surface area (Å²) in [7, 11) is 0. The monoisotopic (exact) mass is 282 g/mol. The first-order chi connectivity index (χ1) is 8.58. The molecule has 0 amide bonds. The van der Waals surface area contributed by atoms with Crippen LogP contribution in [0.15, 0.2) is 30.3 Å². The molecule has 2 rings (SSSR count). The summed E-state index contributed by atoms with van der Waals surface area (Å²) in [5.41, 5.74) is 2.42. The fourth-order valence-corrected chi connectivity index (χ4v) is 1.99. The third kappa shape index (κ3) is 2.86. The van der Waals surface area contributed by atoms with Crippen LogP contribution in [-0.2, 0) is 6.54 Å². The van der Waals surface area contributed by atoms with Crippen molar-refractivity contribution in [2.24, 2.45) is 0 Å². The zero-order valence-corrected chi connectivity index (χ0v) is 11.3. The Morgan fingerprint density at radius 3 is 2.72 bits per heavy atom. The number of phenols is 1. The number of nitrogens with one attached hydrogen (secondary N) is 1. The Bertz CT molecular complexity index is 573. The number of rotatable bonds is 3. The molecule has 5 heteroatoms. The molecule has 3 nitrogen and oxygen atoms in total. The van der Waals surface area contributed by atoms with E-state index >= 15 is 0 Å². The number of anilines is 1. The third-order valence-corrected chi connectivity index (χ3v) is 3.11. The summed E-state index contributed by atoms with van der Waals surface area (Å²) < 4.78 is 0. The van der Waals surface area contributed by atoms with Crippen molar-refractivity contribution in [3.05, 3.63) is 51.8 Å². The van der Waals surface area contributed by atoms with Gasteiger partial charge in [-0.05, 0) is 25.1 Å². The Morgan fingerprint density at radius 1 is 1.22 bits per heavy atom. The smallest absolute Gasteiger partial charge is 0.139 e. The minimum atomic E-state index is 0.103. The molecule has 0 saturated heterocycles. The van der Waals surface area contributed by atoms with Crippen LogP contribution in [0.25, 0.3) is 0 Å². The number of aryl methyl sites for hydroxylation is 1. The van der Waals surface area contributed by atoms with Crippen molar-refractivity contribution in [3.8, 4) is 5.75 Å². The number of hydrogen-bond acceptors (Lipinski definition) is 3. The summed E-state index contributed by atoms with van der Waals surface area (Å²) in [6, 6.07) is 8.83. The molecule has 0 aliphatic heterocycles. The molecule has 18 heavy (non-hydrogen) atoms. The fraction of sp³-hybridized carbons (Fsp3) is 0.154. The average Bonchev–Trinajstić information content (AvgIpc) is 2.33. The van der Waals surface area contributed by atoms with E-state index in [0.717, 1.165) is 16.9 Å². The van der Waals surface area contributed by atoms with Crippen LogP contribution >= 0.6 is 23.2 Å². The van der Waals surface area contributed by atoms with Crippen molar-refractivity contribution >= 4 is 28.9 Å². The molecule has 0 aliphatic carbocycles. The number of aromatic nitrogens is 1. The summed E-state index contributed by atoms with van der Waals surface area (Å²) >= 11 is 11.6. The van der Waals surface area contributed by atoms with E-state index in [4.69, 9.17) is 23.2 Å². The number of para-hydroxylation sites is 1. The molecule has 2 aromatic rings. The lowest BCUT2D eigenvalue weighted by atomic mass is 10.2. The van der Waals surface area contributed by atoms with E-state index in [2.05, 4.69) is 10.3 Å². The number of phenolic OH excluding ortho intramolecular Hbond substituents is 1. The molecule has 0 atom stereocenters. The Morgan fingerprint density at radius 2 is 2.00 bits per heavy atom. The summed E-state index contributed by atoms with van der Waals surface area (Å²) in [6.45, 7) is 2.34. The van der Waals surface area contributed by atoms with Crippen LogP contribution in [0, 0.1) is 6.92 Å². The van der Waals surface area contributed by atoms with Gasteiger partial charge in [-0.1, -0.05) is 35.3 Å². The quantitative estimate of drug-likeness (QED) is 0.836. The van der Waals surface area contributed by atoms with E-state index < -0.39 is 0 Å². The van der Waals surface area contributed by atoms with Crippen LogP contribution < -0.4 is 5.32 Å². The van der Waals surface area contributed by atoms with Crippen LogP contribution in [0.4, 0.5) is 5.69 Å².